The van der Waals surface area contributed by atoms with E-state index in [4.69, 9.17) is 4.74 Å². The summed E-state index contributed by atoms with van der Waals surface area (Å²) in [6.45, 7) is 7.49. The maximum atomic E-state index is 12.4. The largest absolute Gasteiger partial charge is 0.497 e. The second kappa shape index (κ2) is 6.39. The van der Waals surface area contributed by atoms with Gasteiger partial charge in [-0.25, -0.2) is 13.1 Å². The molecule has 0 unspecified atom stereocenters. The molecular formula is C14H23NO3S. The third-order valence-electron chi connectivity index (χ3n) is 3.02. The Morgan fingerprint density at radius 3 is 2.21 bits per heavy atom. The van der Waals surface area contributed by atoms with Gasteiger partial charge in [0.2, 0.25) is 10.0 Å². The molecule has 0 aromatic heterocycles. The molecule has 5 heteroatoms. The minimum atomic E-state index is -3.47. The van der Waals surface area contributed by atoms with E-state index in [2.05, 4.69) is 4.72 Å². The molecule has 0 saturated heterocycles. The molecule has 0 aliphatic rings. The molecule has 0 aliphatic heterocycles. The first kappa shape index (κ1) is 16.0. The number of hydrogen-bond donors (Lipinski definition) is 1. The second-order valence-corrected chi connectivity index (χ2v) is 6.55. The Morgan fingerprint density at radius 1 is 1.26 bits per heavy atom. The lowest BCUT2D eigenvalue weighted by Gasteiger charge is -2.17. The monoisotopic (exact) mass is 285 g/mol. The lowest BCUT2D eigenvalue weighted by atomic mass is 10.1. The van der Waals surface area contributed by atoms with E-state index in [1.165, 1.54) is 0 Å². The van der Waals surface area contributed by atoms with E-state index >= 15 is 0 Å². The van der Waals surface area contributed by atoms with Crippen molar-refractivity contribution in [1.29, 1.82) is 0 Å². The molecule has 0 amide bonds. The highest BCUT2D eigenvalue weighted by Crippen LogP contribution is 2.25. The Morgan fingerprint density at radius 2 is 1.79 bits per heavy atom. The normalized spacial score (nSPS) is 13.3. The van der Waals surface area contributed by atoms with Crippen LogP contribution in [0.3, 0.4) is 0 Å². The van der Waals surface area contributed by atoms with Crippen molar-refractivity contribution in [2.45, 2.75) is 51.5 Å². The molecule has 1 atom stereocenters. The summed E-state index contributed by atoms with van der Waals surface area (Å²) in [7, 11) is -1.90. The molecule has 4 nitrogen and oxygen atoms in total. The van der Waals surface area contributed by atoms with Crippen LogP contribution in [-0.4, -0.2) is 21.6 Å². The van der Waals surface area contributed by atoms with Crippen LogP contribution in [0.2, 0.25) is 0 Å². The Labute approximate surface area is 116 Å². The topological polar surface area (TPSA) is 55.4 Å². The maximum absolute atomic E-state index is 12.4. The number of benzene rings is 1. The van der Waals surface area contributed by atoms with Crippen molar-refractivity contribution in [3.8, 4) is 5.75 Å². The molecule has 1 rings (SSSR count). The van der Waals surface area contributed by atoms with Crippen LogP contribution < -0.4 is 9.46 Å². The number of aryl methyl sites for hydroxylation is 2. The van der Waals surface area contributed by atoms with Gasteiger partial charge in [-0.05, 0) is 50.5 Å². The minimum absolute atomic E-state index is 0.0594. The van der Waals surface area contributed by atoms with Crippen molar-refractivity contribution in [3.05, 3.63) is 23.3 Å². The van der Waals surface area contributed by atoms with Crippen LogP contribution in [0.15, 0.2) is 17.0 Å². The average Bonchev–Trinajstić information content (AvgIpc) is 2.26. The highest BCUT2D eigenvalue weighted by Gasteiger charge is 2.22. The molecule has 0 heterocycles. The lowest BCUT2D eigenvalue weighted by molar-refractivity contribution is 0.413. The van der Waals surface area contributed by atoms with Crippen LogP contribution in [0.25, 0.3) is 0 Å². The van der Waals surface area contributed by atoms with Crippen LogP contribution >= 0.6 is 0 Å². The van der Waals surface area contributed by atoms with Gasteiger partial charge in [-0.1, -0.05) is 13.3 Å². The average molecular weight is 285 g/mol. The number of rotatable bonds is 6. The summed E-state index contributed by atoms with van der Waals surface area (Å²) < 4.78 is 32.7. The smallest absolute Gasteiger partial charge is 0.241 e. The fourth-order valence-corrected chi connectivity index (χ4v) is 4.00. The van der Waals surface area contributed by atoms with Crippen LogP contribution in [-0.2, 0) is 10.0 Å². The van der Waals surface area contributed by atoms with Crippen molar-refractivity contribution in [2.24, 2.45) is 0 Å². The number of nitrogens with one attached hydrogen (secondary N) is 1. The molecular weight excluding hydrogens is 262 g/mol. The van der Waals surface area contributed by atoms with E-state index in [0.29, 0.717) is 21.8 Å². The molecule has 1 N–H and O–H groups in total. The molecule has 1 aromatic rings. The highest BCUT2D eigenvalue weighted by molar-refractivity contribution is 7.89. The SMILES string of the molecule is CCC[C@@H](C)NS(=O)(=O)c1c(C)cc(OC)cc1C. The molecule has 19 heavy (non-hydrogen) atoms. The van der Waals surface area contributed by atoms with Gasteiger partial charge < -0.3 is 4.74 Å². The fraction of sp³-hybridized carbons (Fsp3) is 0.571. The van der Waals surface area contributed by atoms with Gasteiger partial charge in [0.1, 0.15) is 5.75 Å². The van der Waals surface area contributed by atoms with Gasteiger partial charge in [-0.3, -0.25) is 0 Å². The molecule has 0 spiro atoms. The zero-order chi connectivity index (χ0) is 14.6. The first-order valence-electron chi connectivity index (χ1n) is 6.49. The van der Waals surface area contributed by atoms with Crippen LogP contribution in [0.4, 0.5) is 0 Å². The summed E-state index contributed by atoms with van der Waals surface area (Å²) in [6, 6.07) is 3.42. The van der Waals surface area contributed by atoms with Gasteiger partial charge in [0, 0.05) is 6.04 Å². The Bertz CT molecular complexity index is 515. The van der Waals surface area contributed by atoms with Crippen molar-refractivity contribution in [3.63, 3.8) is 0 Å². The van der Waals surface area contributed by atoms with E-state index in [9.17, 15) is 8.42 Å². The zero-order valence-corrected chi connectivity index (χ0v) is 13.1. The first-order valence-corrected chi connectivity index (χ1v) is 7.97. The third-order valence-corrected chi connectivity index (χ3v) is 4.91. The van der Waals surface area contributed by atoms with Gasteiger partial charge in [0.15, 0.2) is 0 Å². The molecule has 0 saturated carbocycles. The van der Waals surface area contributed by atoms with Crippen LogP contribution in [0.5, 0.6) is 5.75 Å². The predicted molar refractivity (Wildman–Crippen MR) is 77.2 cm³/mol. The summed E-state index contributed by atoms with van der Waals surface area (Å²) in [6.07, 6.45) is 1.78. The van der Waals surface area contributed by atoms with Gasteiger partial charge in [-0.15, -0.1) is 0 Å². The van der Waals surface area contributed by atoms with E-state index in [-0.39, 0.29) is 6.04 Å². The van der Waals surface area contributed by atoms with Crippen molar-refractivity contribution < 1.29 is 13.2 Å². The fourth-order valence-electron chi connectivity index (χ4n) is 2.27. The quantitative estimate of drug-likeness (QED) is 0.874. The summed E-state index contributed by atoms with van der Waals surface area (Å²) in [5.74, 6) is 0.676. The molecule has 0 radical (unpaired) electrons. The number of ether oxygens (including phenoxy) is 1. The molecule has 0 aliphatic carbocycles. The van der Waals surface area contributed by atoms with E-state index in [1.54, 1.807) is 33.1 Å². The van der Waals surface area contributed by atoms with E-state index in [0.717, 1.165) is 12.8 Å². The summed E-state index contributed by atoms with van der Waals surface area (Å²) in [5, 5.41) is 0. The highest BCUT2D eigenvalue weighted by atomic mass is 32.2. The van der Waals surface area contributed by atoms with E-state index in [1.807, 2.05) is 13.8 Å². The summed E-state index contributed by atoms with van der Waals surface area (Å²) in [4.78, 5) is 0.358. The molecule has 0 bridgehead atoms. The molecule has 0 fully saturated rings. The van der Waals surface area contributed by atoms with Gasteiger partial charge in [0.05, 0.1) is 12.0 Å². The summed E-state index contributed by atoms with van der Waals surface area (Å²) >= 11 is 0. The number of methoxy groups -OCH3 is 1. The lowest BCUT2D eigenvalue weighted by Crippen LogP contribution is -2.33. The molecule has 1 aromatic carbocycles. The third kappa shape index (κ3) is 3.94. The Kier molecular flexibility index (Phi) is 5.38. The standard InChI is InChI=1S/C14H23NO3S/c1-6-7-12(4)15-19(16,17)14-10(2)8-13(18-5)9-11(14)3/h8-9,12,15H,6-7H2,1-5H3/t12-/m1/s1. The van der Waals surface area contributed by atoms with Crippen LogP contribution in [0.1, 0.15) is 37.8 Å². The van der Waals surface area contributed by atoms with Crippen molar-refractivity contribution in [2.75, 3.05) is 7.11 Å². The van der Waals surface area contributed by atoms with Gasteiger partial charge >= 0.3 is 0 Å². The predicted octanol–water partition coefficient (Wildman–Crippen LogP) is 2.78. The molecule has 108 valence electrons. The number of hydrogen-bond acceptors (Lipinski definition) is 3. The zero-order valence-electron chi connectivity index (χ0n) is 12.3. The Hall–Kier alpha value is -1.07. The van der Waals surface area contributed by atoms with Crippen molar-refractivity contribution in [1.82, 2.24) is 4.72 Å². The van der Waals surface area contributed by atoms with Crippen molar-refractivity contribution >= 4 is 10.0 Å². The Balaban J connectivity index is 3.15. The van der Waals surface area contributed by atoms with Crippen LogP contribution in [0, 0.1) is 13.8 Å². The van der Waals surface area contributed by atoms with Gasteiger partial charge in [0.25, 0.3) is 0 Å². The maximum Gasteiger partial charge on any atom is 0.241 e. The van der Waals surface area contributed by atoms with E-state index < -0.39 is 10.0 Å². The second-order valence-electron chi connectivity index (χ2n) is 4.90. The summed E-state index contributed by atoms with van der Waals surface area (Å²) in [5.41, 5.74) is 1.40. The number of sulfonamides is 1. The van der Waals surface area contributed by atoms with Gasteiger partial charge in [-0.2, -0.15) is 0 Å². The first-order chi connectivity index (χ1) is 8.81. The minimum Gasteiger partial charge on any atom is -0.497 e.